The average molecular weight is 341 g/mol. The first-order valence-electron chi connectivity index (χ1n) is 7.83. The molecule has 2 aliphatic heterocycles. The molecular weight excluding hydrogens is 328 g/mol. The number of ether oxygens (including phenoxy) is 2. The Labute approximate surface area is 142 Å². The van der Waals surface area contributed by atoms with Crippen molar-refractivity contribution < 1.29 is 13.9 Å². The lowest BCUT2D eigenvalue weighted by Crippen LogP contribution is -2.34. The number of halogens is 1. The molecule has 0 N–H and O–H groups in total. The summed E-state index contributed by atoms with van der Waals surface area (Å²) in [6.45, 7) is 0.917. The maximum Gasteiger partial charge on any atom is 0.379 e. The monoisotopic (exact) mass is 340 g/mol. The number of hydrogen-bond acceptors (Lipinski definition) is 4. The third-order valence-corrected chi connectivity index (χ3v) is 5.10. The third-order valence-electron chi connectivity index (χ3n) is 4.87. The zero-order chi connectivity index (χ0) is 16.3. The molecule has 2 aromatic carbocycles. The molecule has 2 atom stereocenters. The van der Waals surface area contributed by atoms with Crippen LogP contribution in [-0.2, 0) is 0 Å². The molecule has 1 aromatic heterocycles. The highest BCUT2D eigenvalue weighted by Gasteiger charge is 2.40. The summed E-state index contributed by atoms with van der Waals surface area (Å²) in [4.78, 5) is 12.3. The van der Waals surface area contributed by atoms with E-state index in [2.05, 4.69) is 0 Å². The maximum atomic E-state index is 12.3. The van der Waals surface area contributed by atoms with Gasteiger partial charge in [-0.25, -0.2) is 4.79 Å². The molecule has 3 aromatic rings. The van der Waals surface area contributed by atoms with Crippen molar-refractivity contribution in [3.05, 3.63) is 69.0 Å². The Kier molecular flexibility index (Phi) is 2.91. The Bertz CT molecular complexity index is 1020. The van der Waals surface area contributed by atoms with Crippen molar-refractivity contribution in [2.24, 2.45) is 0 Å². The molecule has 0 fully saturated rings. The van der Waals surface area contributed by atoms with Crippen molar-refractivity contribution in [3.8, 4) is 11.5 Å². The summed E-state index contributed by atoms with van der Waals surface area (Å²) in [5.41, 5.74) is 2.11. The van der Waals surface area contributed by atoms with Crippen molar-refractivity contribution in [2.45, 2.75) is 11.8 Å². The fourth-order valence-corrected chi connectivity index (χ4v) is 3.94. The molecule has 0 saturated carbocycles. The van der Waals surface area contributed by atoms with Gasteiger partial charge in [0.25, 0.3) is 0 Å². The summed E-state index contributed by atoms with van der Waals surface area (Å²) < 4.78 is 17.2. The van der Waals surface area contributed by atoms with Gasteiger partial charge in [0.2, 0.25) is 5.75 Å². The van der Waals surface area contributed by atoms with E-state index in [9.17, 15) is 4.79 Å². The predicted octanol–water partition coefficient (Wildman–Crippen LogP) is 4.10. The Morgan fingerprint density at radius 1 is 1.00 bits per heavy atom. The van der Waals surface area contributed by atoms with Crippen LogP contribution < -0.4 is 15.1 Å². The Balaban J connectivity index is 1.75. The van der Waals surface area contributed by atoms with Crippen LogP contribution in [0.4, 0.5) is 0 Å². The number of rotatable bonds is 0. The zero-order valence-electron chi connectivity index (χ0n) is 12.6. The van der Waals surface area contributed by atoms with Gasteiger partial charge in [0.1, 0.15) is 11.3 Å². The molecule has 2 aliphatic rings. The van der Waals surface area contributed by atoms with Crippen LogP contribution in [0.15, 0.2) is 51.7 Å². The van der Waals surface area contributed by atoms with Gasteiger partial charge < -0.3 is 13.9 Å². The van der Waals surface area contributed by atoms with Crippen LogP contribution in [0.2, 0.25) is 5.02 Å². The van der Waals surface area contributed by atoms with Crippen LogP contribution in [0.1, 0.15) is 23.0 Å². The molecule has 4 nitrogen and oxygen atoms in total. The van der Waals surface area contributed by atoms with Crippen LogP contribution in [0.3, 0.4) is 0 Å². The van der Waals surface area contributed by atoms with Gasteiger partial charge >= 0.3 is 5.63 Å². The highest BCUT2D eigenvalue weighted by Crippen LogP contribution is 2.49. The van der Waals surface area contributed by atoms with Crippen molar-refractivity contribution in [3.63, 3.8) is 0 Å². The lowest BCUT2D eigenvalue weighted by atomic mass is 9.78. The standard InChI is InChI=1S/C19H13ClO4/c20-10-5-6-11-13-8-23-18-17(14(13)9-22-16(11)7-10)12-3-1-2-4-15(12)24-19(18)21/h1-7,13-14H,8-9H2/t13-,14+/m0/s1. The minimum atomic E-state index is -0.427. The van der Waals surface area contributed by atoms with E-state index in [0.717, 1.165) is 22.3 Å². The van der Waals surface area contributed by atoms with Crippen LogP contribution >= 0.6 is 11.6 Å². The molecule has 24 heavy (non-hydrogen) atoms. The van der Waals surface area contributed by atoms with Gasteiger partial charge in [0, 0.05) is 33.4 Å². The van der Waals surface area contributed by atoms with E-state index in [1.807, 2.05) is 36.4 Å². The van der Waals surface area contributed by atoms with Gasteiger partial charge in [-0.1, -0.05) is 35.9 Å². The summed E-state index contributed by atoms with van der Waals surface area (Å²) in [6.07, 6.45) is 0. The first-order valence-corrected chi connectivity index (χ1v) is 8.21. The maximum absolute atomic E-state index is 12.3. The molecule has 0 amide bonds. The molecule has 0 spiro atoms. The lowest BCUT2D eigenvalue weighted by molar-refractivity contribution is 0.165. The fraction of sp³-hybridized carbons (Fsp3) is 0.211. The van der Waals surface area contributed by atoms with E-state index in [-0.39, 0.29) is 11.8 Å². The van der Waals surface area contributed by atoms with Crippen molar-refractivity contribution >= 4 is 22.6 Å². The van der Waals surface area contributed by atoms with Gasteiger partial charge in [-0.3, -0.25) is 0 Å². The van der Waals surface area contributed by atoms with E-state index >= 15 is 0 Å². The smallest absolute Gasteiger partial charge is 0.379 e. The summed E-state index contributed by atoms with van der Waals surface area (Å²) in [5.74, 6) is 1.29. The van der Waals surface area contributed by atoms with Crippen molar-refractivity contribution in [1.29, 1.82) is 0 Å². The molecule has 5 heteroatoms. The molecule has 5 rings (SSSR count). The minimum Gasteiger partial charge on any atom is -0.493 e. The van der Waals surface area contributed by atoms with Crippen LogP contribution in [0.5, 0.6) is 11.5 Å². The molecule has 3 heterocycles. The molecular formula is C19H13ClO4. The molecule has 0 radical (unpaired) electrons. The van der Waals surface area contributed by atoms with Gasteiger partial charge in [0.15, 0.2) is 0 Å². The number of para-hydroxylation sites is 1. The average Bonchev–Trinajstić information content (AvgIpc) is 2.60. The molecule has 120 valence electrons. The molecule has 0 bridgehead atoms. The number of hydrogen-bond donors (Lipinski definition) is 0. The summed E-state index contributed by atoms with van der Waals surface area (Å²) in [6, 6.07) is 13.2. The molecule has 0 aliphatic carbocycles. The second-order valence-electron chi connectivity index (χ2n) is 6.15. The fourth-order valence-electron chi connectivity index (χ4n) is 3.78. The predicted molar refractivity (Wildman–Crippen MR) is 90.4 cm³/mol. The third kappa shape index (κ3) is 1.89. The normalized spacial score (nSPS) is 21.2. The van der Waals surface area contributed by atoms with E-state index in [4.69, 9.17) is 25.5 Å². The van der Waals surface area contributed by atoms with E-state index < -0.39 is 5.63 Å². The SMILES string of the molecule is O=c1oc2ccccc2c2c1OC[C@H]1c3ccc(Cl)cc3OC[C@@H]21. The summed E-state index contributed by atoms with van der Waals surface area (Å²) in [5, 5.41) is 1.55. The Morgan fingerprint density at radius 3 is 2.75 bits per heavy atom. The van der Waals surface area contributed by atoms with Crippen molar-refractivity contribution in [2.75, 3.05) is 13.2 Å². The van der Waals surface area contributed by atoms with Gasteiger partial charge in [0.05, 0.1) is 13.2 Å². The summed E-state index contributed by atoms with van der Waals surface area (Å²) >= 11 is 6.07. The molecule has 0 unspecified atom stereocenters. The van der Waals surface area contributed by atoms with E-state index in [0.29, 0.717) is 29.6 Å². The lowest BCUT2D eigenvalue weighted by Gasteiger charge is -2.38. The zero-order valence-corrected chi connectivity index (χ0v) is 13.4. The van der Waals surface area contributed by atoms with E-state index in [1.165, 1.54) is 0 Å². The van der Waals surface area contributed by atoms with Crippen LogP contribution in [-0.4, -0.2) is 13.2 Å². The number of benzene rings is 2. The van der Waals surface area contributed by atoms with Crippen LogP contribution in [0.25, 0.3) is 11.0 Å². The van der Waals surface area contributed by atoms with Crippen LogP contribution in [0, 0.1) is 0 Å². The van der Waals surface area contributed by atoms with Gasteiger partial charge in [-0.15, -0.1) is 0 Å². The topological polar surface area (TPSA) is 48.7 Å². The van der Waals surface area contributed by atoms with Crippen molar-refractivity contribution in [1.82, 2.24) is 0 Å². The minimum absolute atomic E-state index is 0.0522. The van der Waals surface area contributed by atoms with Gasteiger partial charge in [-0.05, 0) is 18.2 Å². The largest absolute Gasteiger partial charge is 0.493 e. The number of fused-ring (bicyclic) bond motifs is 7. The van der Waals surface area contributed by atoms with Gasteiger partial charge in [-0.2, -0.15) is 0 Å². The highest BCUT2D eigenvalue weighted by atomic mass is 35.5. The first kappa shape index (κ1) is 13.9. The highest BCUT2D eigenvalue weighted by molar-refractivity contribution is 6.30. The van der Waals surface area contributed by atoms with E-state index in [1.54, 1.807) is 6.07 Å². The Hall–Kier alpha value is -2.46. The second-order valence-corrected chi connectivity index (χ2v) is 6.58. The Morgan fingerprint density at radius 2 is 1.83 bits per heavy atom. The summed E-state index contributed by atoms with van der Waals surface area (Å²) in [7, 11) is 0. The first-order chi connectivity index (χ1) is 11.7. The second kappa shape index (κ2) is 5.02. The molecule has 0 saturated heterocycles. The quantitative estimate of drug-likeness (QED) is 0.578.